The van der Waals surface area contributed by atoms with E-state index in [4.69, 9.17) is 0 Å². The largest absolute Gasteiger partial charge is 0.451 e. The first-order valence-electron chi connectivity index (χ1n) is 6.00. The summed E-state index contributed by atoms with van der Waals surface area (Å²) in [6, 6.07) is 2.51. The Morgan fingerprint density at radius 2 is 1.52 bits per heavy atom. The fraction of sp³-hybridized carbons (Fsp3) is 0.0769. The van der Waals surface area contributed by atoms with E-state index in [9.17, 15) is 40.8 Å². The van der Waals surface area contributed by atoms with Gasteiger partial charge in [-0.1, -0.05) is 0 Å². The van der Waals surface area contributed by atoms with Crippen molar-refractivity contribution in [2.24, 2.45) is 0 Å². The molecule has 2 rings (SSSR count). The monoisotopic (exact) mass is 433 g/mol. The van der Waals surface area contributed by atoms with Gasteiger partial charge in [0.1, 0.15) is 11.3 Å². The van der Waals surface area contributed by atoms with E-state index in [-0.39, 0.29) is 4.47 Å². The van der Waals surface area contributed by atoms with Crippen LogP contribution in [0.25, 0.3) is 0 Å². The third kappa shape index (κ3) is 3.52. The summed E-state index contributed by atoms with van der Waals surface area (Å²) in [6.07, 6.45) is -5.68. The zero-order valence-electron chi connectivity index (χ0n) is 11.4. The van der Waals surface area contributed by atoms with E-state index in [1.165, 1.54) is 0 Å². The number of ether oxygens (including phenoxy) is 1. The fourth-order valence-corrected chi connectivity index (χ4v) is 2.27. The van der Waals surface area contributed by atoms with Gasteiger partial charge in [-0.3, -0.25) is 10.1 Å². The Morgan fingerprint density at radius 3 is 1.92 bits per heavy atom. The highest BCUT2D eigenvalue weighted by atomic mass is 79.9. The Balaban J connectivity index is 2.55. The second-order valence-corrected chi connectivity index (χ2v) is 5.28. The molecule has 0 aromatic heterocycles. The Labute approximate surface area is 142 Å². The molecular weight excluding hydrogens is 431 g/mol. The van der Waals surface area contributed by atoms with E-state index in [0.717, 1.165) is 18.2 Å². The molecule has 2 aromatic carbocycles. The number of halogens is 8. The lowest BCUT2D eigenvalue weighted by Crippen LogP contribution is -2.15. The van der Waals surface area contributed by atoms with Crippen molar-refractivity contribution >= 4 is 21.6 Å². The average Bonchev–Trinajstić information content (AvgIpc) is 2.48. The Kier molecular flexibility index (Phi) is 4.93. The molecule has 134 valence electrons. The highest BCUT2D eigenvalue weighted by Gasteiger charge is 2.43. The number of hydrogen-bond acceptors (Lipinski definition) is 3. The van der Waals surface area contributed by atoms with Gasteiger partial charge in [-0.2, -0.15) is 22.0 Å². The summed E-state index contributed by atoms with van der Waals surface area (Å²) >= 11 is 2.76. The van der Waals surface area contributed by atoms with Gasteiger partial charge in [-0.05, 0) is 22.0 Å². The van der Waals surface area contributed by atoms with E-state index in [1.54, 1.807) is 0 Å². The summed E-state index contributed by atoms with van der Waals surface area (Å²) in [5.41, 5.74) is -3.20. The van der Waals surface area contributed by atoms with Crippen LogP contribution in [0.2, 0.25) is 0 Å². The molecule has 0 aliphatic rings. The quantitative estimate of drug-likeness (QED) is 0.269. The maximum absolute atomic E-state index is 13.7. The molecule has 0 radical (unpaired) electrons. The SMILES string of the molecule is O=[N+]([O-])c1ccc(Oc2c(F)c(F)c(C(F)(F)F)c(F)c2F)cc1Br. The molecule has 0 heterocycles. The molecule has 0 saturated carbocycles. The normalized spacial score (nSPS) is 11.5. The van der Waals surface area contributed by atoms with Crippen LogP contribution in [-0.4, -0.2) is 4.92 Å². The molecule has 0 spiro atoms. The van der Waals surface area contributed by atoms with Gasteiger partial charge in [-0.15, -0.1) is 0 Å². The molecule has 0 atom stereocenters. The summed E-state index contributed by atoms with van der Waals surface area (Å²) in [6.45, 7) is 0. The van der Waals surface area contributed by atoms with E-state index >= 15 is 0 Å². The fourth-order valence-electron chi connectivity index (χ4n) is 1.77. The topological polar surface area (TPSA) is 52.4 Å². The Bertz CT molecular complexity index is 841. The summed E-state index contributed by atoms with van der Waals surface area (Å²) in [4.78, 5) is 9.82. The second kappa shape index (κ2) is 6.50. The lowest BCUT2D eigenvalue weighted by atomic mass is 10.1. The number of benzene rings is 2. The number of alkyl halides is 3. The van der Waals surface area contributed by atoms with Gasteiger partial charge >= 0.3 is 6.18 Å². The van der Waals surface area contributed by atoms with E-state index < -0.39 is 57.1 Å². The minimum absolute atomic E-state index is 0.205. The highest BCUT2D eigenvalue weighted by Crippen LogP contribution is 2.41. The smallest absolute Gasteiger partial charge is 0.422 e. The van der Waals surface area contributed by atoms with Crippen LogP contribution >= 0.6 is 15.9 Å². The number of hydrogen-bond donors (Lipinski definition) is 0. The molecule has 0 fully saturated rings. The van der Waals surface area contributed by atoms with Gasteiger partial charge in [0.05, 0.1) is 9.40 Å². The molecular formula is C13H3BrF7NO3. The molecule has 4 nitrogen and oxygen atoms in total. The minimum Gasteiger partial charge on any atom is -0.451 e. The van der Waals surface area contributed by atoms with Crippen LogP contribution in [0.1, 0.15) is 5.56 Å². The first-order chi connectivity index (χ1) is 11.4. The van der Waals surface area contributed by atoms with Crippen molar-refractivity contribution in [3.63, 3.8) is 0 Å². The number of nitrogens with zero attached hydrogens (tertiary/aromatic N) is 1. The lowest BCUT2D eigenvalue weighted by Gasteiger charge is -2.14. The zero-order chi connectivity index (χ0) is 19.1. The summed E-state index contributed by atoms with van der Waals surface area (Å²) in [7, 11) is 0. The third-order valence-corrected chi connectivity index (χ3v) is 3.48. The maximum atomic E-state index is 13.7. The molecule has 0 aliphatic carbocycles. The Hall–Kier alpha value is -2.37. The maximum Gasteiger partial charge on any atom is 0.422 e. The summed E-state index contributed by atoms with van der Waals surface area (Å²) in [5, 5.41) is 10.6. The number of nitro groups is 1. The van der Waals surface area contributed by atoms with Crippen LogP contribution in [0.4, 0.5) is 36.4 Å². The van der Waals surface area contributed by atoms with Crippen LogP contribution in [-0.2, 0) is 6.18 Å². The van der Waals surface area contributed by atoms with Gasteiger partial charge in [0.2, 0.25) is 17.4 Å². The van der Waals surface area contributed by atoms with Crippen LogP contribution < -0.4 is 4.74 Å². The van der Waals surface area contributed by atoms with Crippen LogP contribution in [0.15, 0.2) is 22.7 Å². The van der Waals surface area contributed by atoms with E-state index in [0.29, 0.717) is 0 Å². The third-order valence-electron chi connectivity index (χ3n) is 2.84. The zero-order valence-corrected chi connectivity index (χ0v) is 13.0. The number of nitro benzene ring substituents is 1. The first kappa shape index (κ1) is 19.0. The van der Waals surface area contributed by atoms with Gasteiger partial charge in [0.15, 0.2) is 11.6 Å². The molecule has 0 aliphatic heterocycles. The molecule has 25 heavy (non-hydrogen) atoms. The lowest BCUT2D eigenvalue weighted by molar-refractivity contribution is -0.385. The van der Waals surface area contributed by atoms with Crippen molar-refractivity contribution in [2.45, 2.75) is 6.18 Å². The predicted molar refractivity (Wildman–Crippen MR) is 72.1 cm³/mol. The summed E-state index contributed by atoms with van der Waals surface area (Å²) in [5.74, 6) is -12.4. The molecule has 0 bridgehead atoms. The average molecular weight is 434 g/mol. The van der Waals surface area contributed by atoms with Gasteiger partial charge in [0, 0.05) is 12.1 Å². The van der Waals surface area contributed by atoms with Gasteiger partial charge in [-0.25, -0.2) is 8.78 Å². The number of rotatable bonds is 3. The second-order valence-electron chi connectivity index (χ2n) is 4.43. The van der Waals surface area contributed by atoms with Crippen molar-refractivity contribution in [1.82, 2.24) is 0 Å². The molecule has 0 unspecified atom stereocenters. The van der Waals surface area contributed by atoms with Gasteiger partial charge < -0.3 is 4.74 Å². The van der Waals surface area contributed by atoms with Gasteiger partial charge in [0.25, 0.3) is 5.69 Å². The van der Waals surface area contributed by atoms with Crippen molar-refractivity contribution < 1.29 is 40.4 Å². The molecule has 0 N–H and O–H groups in total. The molecule has 0 saturated heterocycles. The van der Waals surface area contributed by atoms with Crippen molar-refractivity contribution in [3.8, 4) is 11.5 Å². The molecule has 0 amide bonds. The molecule has 12 heteroatoms. The standard InChI is InChI=1S/C13H3BrF7NO3/c14-5-3-4(1-2-6(5)22(23)24)25-12-10(17)8(15)7(13(19,20)21)9(16)11(12)18/h1-3H. The van der Waals surface area contributed by atoms with E-state index in [2.05, 4.69) is 20.7 Å². The predicted octanol–water partition coefficient (Wildman–Crippen LogP) is 5.72. The highest BCUT2D eigenvalue weighted by molar-refractivity contribution is 9.10. The van der Waals surface area contributed by atoms with Crippen LogP contribution in [0.3, 0.4) is 0 Å². The van der Waals surface area contributed by atoms with Crippen molar-refractivity contribution in [1.29, 1.82) is 0 Å². The first-order valence-corrected chi connectivity index (χ1v) is 6.79. The minimum atomic E-state index is -5.68. The van der Waals surface area contributed by atoms with Crippen LogP contribution in [0, 0.1) is 33.4 Å². The molecule has 2 aromatic rings. The van der Waals surface area contributed by atoms with E-state index in [1.807, 2.05) is 0 Å². The summed E-state index contributed by atoms with van der Waals surface area (Å²) < 4.78 is 96.1. The van der Waals surface area contributed by atoms with Crippen molar-refractivity contribution in [3.05, 3.63) is 61.6 Å². The van der Waals surface area contributed by atoms with Crippen LogP contribution in [0.5, 0.6) is 11.5 Å². The Morgan fingerprint density at radius 1 is 1.00 bits per heavy atom. The van der Waals surface area contributed by atoms with Crippen molar-refractivity contribution in [2.75, 3.05) is 0 Å².